The molecule has 0 unspecified atom stereocenters. The van der Waals surface area contributed by atoms with Crippen LogP contribution in [0, 0.1) is 5.92 Å². The zero-order valence-electron chi connectivity index (χ0n) is 35.4. The third kappa shape index (κ3) is 18.1. The number of ether oxygens (including phenoxy) is 3. The Hall–Kier alpha value is -4.53. The van der Waals surface area contributed by atoms with Crippen LogP contribution in [0.3, 0.4) is 0 Å². The first-order valence-electron chi connectivity index (χ1n) is 19.6. The Morgan fingerprint density at radius 3 is 1.82 bits per heavy atom. The molecule has 0 bridgehead atoms. The van der Waals surface area contributed by atoms with Crippen LogP contribution in [0.1, 0.15) is 92.2 Å². The number of carbonyl (C=O) groups excluding carboxylic acids is 5. The molecule has 0 heterocycles. The fraction of sp³-hybridized carbons (Fsp3) is 0.605. The van der Waals surface area contributed by atoms with Gasteiger partial charge in [-0.05, 0) is 71.4 Å². The van der Waals surface area contributed by atoms with Crippen molar-refractivity contribution in [2.24, 2.45) is 5.92 Å². The summed E-state index contributed by atoms with van der Waals surface area (Å²) in [4.78, 5) is 68.5. The van der Waals surface area contributed by atoms with Gasteiger partial charge in [0.1, 0.15) is 17.7 Å². The number of carbonyl (C=O) groups is 5. The van der Waals surface area contributed by atoms with Gasteiger partial charge in [0.2, 0.25) is 17.7 Å². The second-order valence-electron chi connectivity index (χ2n) is 16.5. The van der Waals surface area contributed by atoms with Gasteiger partial charge < -0.3 is 45.3 Å². The largest absolute Gasteiger partial charge is 0.466 e. The molecule has 14 nitrogen and oxygen atoms in total. The molecule has 0 spiro atoms. The van der Waals surface area contributed by atoms with Gasteiger partial charge in [0.25, 0.3) is 0 Å². The second kappa shape index (κ2) is 23.0. The van der Waals surface area contributed by atoms with Gasteiger partial charge in [-0.25, -0.2) is 4.79 Å². The minimum Gasteiger partial charge on any atom is -0.466 e. The van der Waals surface area contributed by atoms with E-state index in [4.69, 9.17) is 14.2 Å². The molecule has 0 aromatic heterocycles. The van der Waals surface area contributed by atoms with Crippen molar-refractivity contribution in [3.05, 3.63) is 71.8 Å². The number of alkyl carbamates (subject to hydrolysis) is 1. The fourth-order valence-electron chi connectivity index (χ4n) is 6.25. The number of hydrogen-bond acceptors (Lipinski definition) is 10. The Bertz CT molecular complexity index is 1560. The second-order valence-corrected chi connectivity index (χ2v) is 16.5. The van der Waals surface area contributed by atoms with Crippen LogP contribution in [0.2, 0.25) is 0 Å². The number of methoxy groups -OCH3 is 1. The van der Waals surface area contributed by atoms with E-state index in [9.17, 15) is 34.2 Å². The van der Waals surface area contributed by atoms with E-state index in [-0.39, 0.29) is 38.2 Å². The SMILES string of the molecule is CCOC(=O)C[C@H](O)[C@H](Cc1ccccc1)NC(=O)C[C@H](O)[C@H](CC(C)C)NC(=O)[C@H](Cc1ccccc1)N(C)C(=O)[C@H](CC(C)(C)OC)NC(=O)OC(C)(C)C. The highest BCUT2D eigenvalue weighted by Crippen LogP contribution is 2.21. The average molecular weight is 799 g/mol. The lowest BCUT2D eigenvalue weighted by Crippen LogP contribution is -2.58. The normalized spacial score (nSPS) is 15.0. The molecule has 2 aromatic rings. The first kappa shape index (κ1) is 48.6. The number of nitrogens with one attached hydrogen (secondary N) is 3. The summed E-state index contributed by atoms with van der Waals surface area (Å²) in [5.41, 5.74) is -0.0918. The molecule has 57 heavy (non-hydrogen) atoms. The summed E-state index contributed by atoms with van der Waals surface area (Å²) in [5.74, 6) is -2.36. The van der Waals surface area contributed by atoms with Gasteiger partial charge in [-0.1, -0.05) is 74.5 Å². The van der Waals surface area contributed by atoms with E-state index in [2.05, 4.69) is 16.0 Å². The molecule has 2 aromatic carbocycles. The highest BCUT2D eigenvalue weighted by atomic mass is 16.6. The number of esters is 1. The van der Waals surface area contributed by atoms with Crippen molar-refractivity contribution >= 4 is 29.8 Å². The number of amides is 4. The lowest BCUT2D eigenvalue weighted by molar-refractivity contribution is -0.146. The van der Waals surface area contributed by atoms with Crippen LogP contribution in [-0.2, 0) is 46.2 Å². The number of nitrogens with zero attached hydrogens (tertiary/aromatic N) is 1. The molecular formula is C43H66N4O10. The van der Waals surface area contributed by atoms with E-state index >= 15 is 0 Å². The average Bonchev–Trinajstić information content (AvgIpc) is 3.12. The standard InChI is InChI=1S/C43H66N4O10/c1-11-56-38(51)26-36(49)32(23-29-18-14-12-15-19-29)44-37(50)25-35(48)31(22-28(2)3)45-39(52)34(24-30-20-16-13-17-21-30)47(9)40(53)33(27-43(7,8)55-10)46-41(54)57-42(4,5)6/h12-21,28,31-36,48-49H,11,22-27H2,1-10H3,(H,44,50)(H,45,52)(H,46,54)/t31-,32-,33-,34-,35-,36-/m0/s1. The minimum atomic E-state index is -1.36. The van der Waals surface area contributed by atoms with Crippen molar-refractivity contribution in [3.63, 3.8) is 0 Å². The van der Waals surface area contributed by atoms with Gasteiger partial charge in [0, 0.05) is 27.0 Å². The molecule has 6 atom stereocenters. The van der Waals surface area contributed by atoms with Crippen molar-refractivity contribution in [3.8, 4) is 0 Å². The van der Waals surface area contributed by atoms with E-state index in [0.717, 1.165) is 11.1 Å². The summed E-state index contributed by atoms with van der Waals surface area (Å²) in [7, 11) is 2.98. The van der Waals surface area contributed by atoms with E-state index in [1.165, 1.54) is 19.1 Å². The van der Waals surface area contributed by atoms with Crippen molar-refractivity contribution in [2.75, 3.05) is 20.8 Å². The Morgan fingerprint density at radius 2 is 1.32 bits per heavy atom. The highest BCUT2D eigenvalue weighted by molar-refractivity contribution is 5.91. The van der Waals surface area contributed by atoms with E-state index in [0.29, 0.717) is 6.42 Å². The van der Waals surface area contributed by atoms with Gasteiger partial charge in [-0.15, -0.1) is 0 Å². The molecule has 0 fully saturated rings. The summed E-state index contributed by atoms with van der Waals surface area (Å²) in [6.07, 6.45) is -3.54. The molecule has 0 saturated carbocycles. The van der Waals surface area contributed by atoms with Crippen LogP contribution in [0.4, 0.5) is 4.79 Å². The smallest absolute Gasteiger partial charge is 0.408 e. The van der Waals surface area contributed by atoms with Gasteiger partial charge in [0.05, 0.1) is 49.3 Å². The predicted molar refractivity (Wildman–Crippen MR) is 217 cm³/mol. The summed E-state index contributed by atoms with van der Waals surface area (Å²) in [6, 6.07) is 14.3. The number of rotatable bonds is 22. The van der Waals surface area contributed by atoms with Crippen molar-refractivity contribution in [1.82, 2.24) is 20.9 Å². The van der Waals surface area contributed by atoms with Crippen molar-refractivity contribution < 1.29 is 48.4 Å². The van der Waals surface area contributed by atoms with E-state index in [1.54, 1.807) is 41.5 Å². The molecular weight excluding hydrogens is 732 g/mol. The fourth-order valence-corrected chi connectivity index (χ4v) is 6.25. The number of aliphatic hydroxyl groups is 2. The quantitative estimate of drug-likeness (QED) is 0.108. The van der Waals surface area contributed by atoms with Crippen molar-refractivity contribution in [2.45, 2.75) is 141 Å². The maximum atomic E-state index is 14.3. The topological polar surface area (TPSA) is 193 Å². The van der Waals surface area contributed by atoms with Crippen LogP contribution >= 0.6 is 0 Å². The Balaban J connectivity index is 2.38. The molecule has 0 aliphatic rings. The van der Waals surface area contributed by atoms with Gasteiger partial charge in [-0.3, -0.25) is 19.2 Å². The predicted octanol–water partition coefficient (Wildman–Crippen LogP) is 4.09. The molecule has 2 rings (SSSR count). The molecule has 14 heteroatoms. The first-order chi connectivity index (χ1) is 26.6. The van der Waals surface area contributed by atoms with Crippen LogP contribution in [0.15, 0.2) is 60.7 Å². The molecule has 0 saturated heterocycles. The first-order valence-corrected chi connectivity index (χ1v) is 19.6. The van der Waals surface area contributed by atoms with E-state index < -0.39 is 83.8 Å². The number of hydrogen-bond donors (Lipinski definition) is 5. The lowest BCUT2D eigenvalue weighted by Gasteiger charge is -2.35. The molecule has 318 valence electrons. The number of benzene rings is 2. The summed E-state index contributed by atoms with van der Waals surface area (Å²) in [5, 5.41) is 30.9. The summed E-state index contributed by atoms with van der Waals surface area (Å²) in [6.45, 7) is 14.3. The molecule has 0 aliphatic heterocycles. The molecule has 5 N–H and O–H groups in total. The summed E-state index contributed by atoms with van der Waals surface area (Å²) >= 11 is 0. The highest BCUT2D eigenvalue weighted by Gasteiger charge is 2.38. The minimum absolute atomic E-state index is 0.0177. The third-order valence-electron chi connectivity index (χ3n) is 9.33. The Kier molecular flexibility index (Phi) is 19.6. The van der Waals surface area contributed by atoms with Crippen LogP contribution < -0.4 is 16.0 Å². The zero-order valence-corrected chi connectivity index (χ0v) is 35.4. The number of aliphatic hydroxyl groups excluding tert-OH is 2. The maximum absolute atomic E-state index is 14.3. The molecule has 0 aliphatic carbocycles. The molecule has 0 radical (unpaired) electrons. The van der Waals surface area contributed by atoms with E-state index in [1.807, 2.05) is 74.5 Å². The van der Waals surface area contributed by atoms with Crippen LogP contribution in [0.25, 0.3) is 0 Å². The monoisotopic (exact) mass is 798 g/mol. The third-order valence-corrected chi connectivity index (χ3v) is 9.33. The lowest BCUT2D eigenvalue weighted by atomic mass is 9.94. The number of likely N-dealkylation sites (N-methyl/N-ethyl adjacent to an activating group) is 1. The van der Waals surface area contributed by atoms with Crippen molar-refractivity contribution in [1.29, 1.82) is 0 Å². The van der Waals surface area contributed by atoms with Gasteiger partial charge >= 0.3 is 12.1 Å². The maximum Gasteiger partial charge on any atom is 0.408 e. The molecule has 4 amide bonds. The van der Waals surface area contributed by atoms with Gasteiger partial charge in [-0.2, -0.15) is 0 Å². The van der Waals surface area contributed by atoms with Gasteiger partial charge in [0.15, 0.2) is 0 Å². The van der Waals surface area contributed by atoms with Crippen LogP contribution in [-0.4, -0.2) is 113 Å². The van der Waals surface area contributed by atoms with Crippen LogP contribution in [0.5, 0.6) is 0 Å². The zero-order chi connectivity index (χ0) is 42.9. The Labute approximate surface area is 338 Å². The summed E-state index contributed by atoms with van der Waals surface area (Å²) < 4.78 is 16.0. The Morgan fingerprint density at radius 1 is 0.772 bits per heavy atom.